The fourth-order valence-electron chi connectivity index (χ4n) is 4.21. The number of aryl methyl sites for hydroxylation is 1. The molecule has 2 aliphatic rings. The SMILES string of the molecule is CCCCCN1CC(C(=O)N2CCN(c3cccc(C)c3C)CC2)CC1=O. The number of hydrogen-bond acceptors (Lipinski definition) is 3. The molecule has 0 bridgehead atoms. The first-order valence-corrected chi connectivity index (χ1v) is 10.4. The van der Waals surface area contributed by atoms with E-state index < -0.39 is 0 Å². The van der Waals surface area contributed by atoms with Gasteiger partial charge in [-0.2, -0.15) is 0 Å². The maximum absolute atomic E-state index is 12.9. The Morgan fingerprint density at radius 1 is 1.11 bits per heavy atom. The third kappa shape index (κ3) is 4.45. The Morgan fingerprint density at radius 3 is 2.56 bits per heavy atom. The van der Waals surface area contributed by atoms with E-state index in [1.807, 2.05) is 9.80 Å². The predicted molar refractivity (Wildman–Crippen MR) is 109 cm³/mol. The highest BCUT2D eigenvalue weighted by Crippen LogP contribution is 2.25. The highest BCUT2D eigenvalue weighted by molar-refractivity contribution is 5.89. The number of anilines is 1. The molecule has 0 saturated carbocycles. The van der Waals surface area contributed by atoms with E-state index in [1.165, 1.54) is 16.8 Å². The zero-order valence-electron chi connectivity index (χ0n) is 17.0. The molecular weight excluding hydrogens is 338 g/mol. The van der Waals surface area contributed by atoms with E-state index >= 15 is 0 Å². The molecule has 3 rings (SSSR count). The molecule has 2 fully saturated rings. The van der Waals surface area contributed by atoms with Crippen molar-refractivity contribution in [2.75, 3.05) is 44.2 Å². The van der Waals surface area contributed by atoms with Crippen LogP contribution in [0.25, 0.3) is 0 Å². The van der Waals surface area contributed by atoms with Gasteiger partial charge in [-0.15, -0.1) is 0 Å². The Bertz CT molecular complexity index is 680. The lowest BCUT2D eigenvalue weighted by Crippen LogP contribution is -2.50. The van der Waals surface area contributed by atoms with Gasteiger partial charge in [0.25, 0.3) is 0 Å². The highest BCUT2D eigenvalue weighted by atomic mass is 16.2. The number of nitrogens with zero attached hydrogens (tertiary/aromatic N) is 3. The number of hydrogen-bond donors (Lipinski definition) is 0. The van der Waals surface area contributed by atoms with Crippen LogP contribution in [0.5, 0.6) is 0 Å². The summed E-state index contributed by atoms with van der Waals surface area (Å²) in [4.78, 5) is 31.4. The topological polar surface area (TPSA) is 43.9 Å². The average Bonchev–Trinajstić information content (AvgIpc) is 3.04. The molecule has 27 heavy (non-hydrogen) atoms. The first kappa shape index (κ1) is 19.7. The minimum Gasteiger partial charge on any atom is -0.368 e. The summed E-state index contributed by atoms with van der Waals surface area (Å²) in [6.45, 7) is 11.1. The van der Waals surface area contributed by atoms with Gasteiger partial charge in [0.1, 0.15) is 0 Å². The zero-order valence-corrected chi connectivity index (χ0v) is 17.0. The maximum Gasteiger partial charge on any atom is 0.228 e. The molecule has 0 radical (unpaired) electrons. The quantitative estimate of drug-likeness (QED) is 0.722. The first-order valence-electron chi connectivity index (χ1n) is 10.4. The van der Waals surface area contributed by atoms with Gasteiger partial charge in [0.15, 0.2) is 0 Å². The van der Waals surface area contributed by atoms with Crippen molar-refractivity contribution in [2.45, 2.75) is 46.5 Å². The number of carbonyl (C=O) groups excluding carboxylic acids is 2. The number of carbonyl (C=O) groups is 2. The highest BCUT2D eigenvalue weighted by Gasteiger charge is 2.37. The molecule has 2 aliphatic heterocycles. The Kier molecular flexibility index (Phi) is 6.40. The largest absolute Gasteiger partial charge is 0.368 e. The van der Waals surface area contributed by atoms with E-state index in [4.69, 9.17) is 0 Å². The summed E-state index contributed by atoms with van der Waals surface area (Å²) in [5, 5.41) is 0. The summed E-state index contributed by atoms with van der Waals surface area (Å²) < 4.78 is 0. The number of unbranched alkanes of at least 4 members (excludes halogenated alkanes) is 2. The summed E-state index contributed by atoms with van der Waals surface area (Å²) in [5.41, 5.74) is 3.90. The van der Waals surface area contributed by atoms with Crippen molar-refractivity contribution in [3.05, 3.63) is 29.3 Å². The summed E-state index contributed by atoms with van der Waals surface area (Å²) in [6.07, 6.45) is 3.72. The molecule has 0 aromatic heterocycles. The summed E-state index contributed by atoms with van der Waals surface area (Å²) in [5.74, 6) is 0.173. The second-order valence-corrected chi connectivity index (χ2v) is 7.98. The fourth-order valence-corrected chi connectivity index (χ4v) is 4.21. The van der Waals surface area contributed by atoms with Crippen LogP contribution in [0, 0.1) is 19.8 Å². The summed E-state index contributed by atoms with van der Waals surface area (Å²) >= 11 is 0. The number of benzene rings is 1. The minimum atomic E-state index is -0.147. The molecule has 0 N–H and O–H groups in total. The van der Waals surface area contributed by atoms with E-state index in [2.05, 4.69) is 43.9 Å². The van der Waals surface area contributed by atoms with Crippen LogP contribution in [-0.4, -0.2) is 60.9 Å². The molecule has 2 saturated heterocycles. The van der Waals surface area contributed by atoms with Crippen molar-refractivity contribution in [3.8, 4) is 0 Å². The number of rotatable bonds is 6. The van der Waals surface area contributed by atoms with Crippen molar-refractivity contribution in [3.63, 3.8) is 0 Å². The minimum absolute atomic E-state index is 0.147. The van der Waals surface area contributed by atoms with Crippen LogP contribution in [0.4, 0.5) is 5.69 Å². The fraction of sp³-hybridized carbons (Fsp3) is 0.636. The number of amides is 2. The Hall–Kier alpha value is -2.04. The van der Waals surface area contributed by atoms with Gasteiger partial charge in [-0.05, 0) is 37.5 Å². The van der Waals surface area contributed by atoms with Crippen LogP contribution in [0.2, 0.25) is 0 Å². The van der Waals surface area contributed by atoms with Gasteiger partial charge >= 0.3 is 0 Å². The lowest BCUT2D eigenvalue weighted by molar-refractivity contribution is -0.136. The van der Waals surface area contributed by atoms with Crippen LogP contribution in [0.1, 0.15) is 43.7 Å². The van der Waals surface area contributed by atoms with E-state index in [-0.39, 0.29) is 17.7 Å². The van der Waals surface area contributed by atoms with E-state index in [0.29, 0.717) is 13.0 Å². The molecule has 0 spiro atoms. The number of likely N-dealkylation sites (tertiary alicyclic amines) is 1. The number of piperazine rings is 1. The van der Waals surface area contributed by atoms with Gasteiger partial charge in [0.05, 0.1) is 5.92 Å². The molecule has 1 aromatic rings. The molecule has 0 aliphatic carbocycles. The van der Waals surface area contributed by atoms with Crippen molar-refractivity contribution in [2.24, 2.45) is 5.92 Å². The van der Waals surface area contributed by atoms with Crippen LogP contribution >= 0.6 is 0 Å². The molecule has 148 valence electrons. The van der Waals surface area contributed by atoms with Gasteiger partial charge in [-0.1, -0.05) is 31.9 Å². The smallest absolute Gasteiger partial charge is 0.228 e. The van der Waals surface area contributed by atoms with Crippen LogP contribution in [-0.2, 0) is 9.59 Å². The van der Waals surface area contributed by atoms with Crippen molar-refractivity contribution < 1.29 is 9.59 Å². The average molecular weight is 372 g/mol. The zero-order chi connectivity index (χ0) is 19.4. The standard InChI is InChI=1S/C22H33N3O2/c1-4-5-6-10-25-16-19(15-21(25)26)22(27)24-13-11-23(12-14-24)20-9-7-8-17(2)18(20)3/h7-9,19H,4-6,10-16H2,1-3H3. The van der Waals surface area contributed by atoms with E-state index in [0.717, 1.165) is 52.0 Å². The summed E-state index contributed by atoms with van der Waals surface area (Å²) in [6, 6.07) is 6.41. The Balaban J connectivity index is 1.53. The molecule has 5 nitrogen and oxygen atoms in total. The maximum atomic E-state index is 12.9. The van der Waals surface area contributed by atoms with Gasteiger partial charge < -0.3 is 14.7 Å². The monoisotopic (exact) mass is 371 g/mol. The van der Waals surface area contributed by atoms with Gasteiger partial charge in [-0.3, -0.25) is 9.59 Å². The van der Waals surface area contributed by atoms with Crippen LogP contribution in [0.3, 0.4) is 0 Å². The van der Waals surface area contributed by atoms with Gasteiger partial charge in [-0.25, -0.2) is 0 Å². The van der Waals surface area contributed by atoms with Gasteiger partial charge in [0, 0.05) is 51.4 Å². The van der Waals surface area contributed by atoms with Crippen molar-refractivity contribution in [1.29, 1.82) is 0 Å². The Morgan fingerprint density at radius 2 is 1.85 bits per heavy atom. The van der Waals surface area contributed by atoms with E-state index in [9.17, 15) is 9.59 Å². The van der Waals surface area contributed by atoms with Crippen LogP contribution in [0.15, 0.2) is 18.2 Å². The second kappa shape index (κ2) is 8.77. The van der Waals surface area contributed by atoms with E-state index in [1.54, 1.807) is 0 Å². The Labute approximate surface area is 163 Å². The second-order valence-electron chi connectivity index (χ2n) is 7.98. The lowest BCUT2D eigenvalue weighted by Gasteiger charge is -2.38. The first-order chi connectivity index (χ1) is 13.0. The van der Waals surface area contributed by atoms with Crippen molar-refractivity contribution >= 4 is 17.5 Å². The van der Waals surface area contributed by atoms with Crippen LogP contribution < -0.4 is 4.90 Å². The predicted octanol–water partition coefficient (Wildman–Crippen LogP) is 2.99. The third-order valence-electron chi connectivity index (χ3n) is 6.10. The molecule has 2 heterocycles. The lowest BCUT2D eigenvalue weighted by atomic mass is 10.1. The molecule has 2 amide bonds. The third-order valence-corrected chi connectivity index (χ3v) is 6.10. The normalized spacial score (nSPS) is 20.5. The van der Waals surface area contributed by atoms with Gasteiger partial charge in [0.2, 0.25) is 11.8 Å². The van der Waals surface area contributed by atoms with Crippen molar-refractivity contribution in [1.82, 2.24) is 9.80 Å². The summed E-state index contributed by atoms with van der Waals surface area (Å²) in [7, 11) is 0. The molecule has 1 unspecified atom stereocenters. The molecule has 1 aromatic carbocycles. The molecule has 1 atom stereocenters. The molecular formula is C22H33N3O2. The molecule has 5 heteroatoms.